The summed E-state index contributed by atoms with van der Waals surface area (Å²) in [6.07, 6.45) is 1.44. The lowest BCUT2D eigenvalue weighted by molar-refractivity contribution is -0.118. The maximum Gasteiger partial charge on any atom is 0.162 e. The summed E-state index contributed by atoms with van der Waals surface area (Å²) >= 11 is 5.29. The van der Waals surface area contributed by atoms with Gasteiger partial charge in [-0.1, -0.05) is 19.9 Å². The van der Waals surface area contributed by atoms with Crippen LogP contribution in [-0.4, -0.2) is 19.5 Å². The molecule has 0 amide bonds. The van der Waals surface area contributed by atoms with Gasteiger partial charge in [-0.05, 0) is 58.5 Å². The minimum Gasteiger partial charge on any atom is -0.358 e. The summed E-state index contributed by atoms with van der Waals surface area (Å²) in [5, 5.41) is 9.57. The third-order valence-electron chi connectivity index (χ3n) is 5.62. The molecule has 6 heteroatoms. The van der Waals surface area contributed by atoms with E-state index < -0.39 is 0 Å². The summed E-state index contributed by atoms with van der Waals surface area (Å²) in [6, 6.07) is 8.41. The van der Waals surface area contributed by atoms with E-state index in [4.69, 9.17) is 0 Å². The molecule has 2 heterocycles. The topological polar surface area (TPSA) is 44.7 Å². The van der Waals surface area contributed by atoms with E-state index in [0.717, 1.165) is 44.0 Å². The molecule has 28 heavy (non-hydrogen) atoms. The van der Waals surface area contributed by atoms with Crippen LogP contribution in [0.2, 0.25) is 0 Å². The molecule has 1 aliphatic heterocycles. The highest BCUT2D eigenvalue weighted by atomic mass is 79.9. The van der Waals surface area contributed by atoms with Gasteiger partial charge in [0.2, 0.25) is 0 Å². The molecule has 0 bridgehead atoms. The highest BCUT2D eigenvalue weighted by Gasteiger charge is 2.42. The monoisotopic (exact) mass is 457 g/mol. The SMILES string of the molecule is C=NN(C)c1c(C)ccc2c1C(c1ccc(Br)s1)C1=C(CC(C)(C)CC1=O)N2. The van der Waals surface area contributed by atoms with Crippen molar-refractivity contribution in [3.63, 3.8) is 0 Å². The van der Waals surface area contributed by atoms with E-state index in [2.05, 4.69) is 78.1 Å². The van der Waals surface area contributed by atoms with E-state index >= 15 is 0 Å². The lowest BCUT2D eigenvalue weighted by atomic mass is 9.69. The Morgan fingerprint density at radius 2 is 2.04 bits per heavy atom. The van der Waals surface area contributed by atoms with Crippen LogP contribution >= 0.6 is 27.3 Å². The number of halogens is 1. The highest BCUT2D eigenvalue weighted by molar-refractivity contribution is 9.11. The second-order valence-corrected chi connectivity index (χ2v) is 10.9. The molecule has 4 nitrogen and oxygen atoms in total. The minimum atomic E-state index is -0.0924. The first-order chi connectivity index (χ1) is 13.2. The molecule has 0 fully saturated rings. The van der Waals surface area contributed by atoms with E-state index in [9.17, 15) is 4.79 Å². The van der Waals surface area contributed by atoms with Crippen LogP contribution in [0.25, 0.3) is 0 Å². The Morgan fingerprint density at radius 1 is 1.29 bits per heavy atom. The quantitative estimate of drug-likeness (QED) is 0.449. The standard InChI is InChI=1S/C22H24BrN3OS/c1-12-6-7-13-19(21(12)26(5)24-4)20(16-8-9-17(23)28-16)18-14(25-13)10-22(2,3)11-15(18)27/h6-9,20,25H,4,10-11H2,1-3,5H3. The second-order valence-electron chi connectivity index (χ2n) is 8.39. The third-order valence-corrected chi connectivity index (χ3v) is 7.30. The van der Waals surface area contributed by atoms with Crippen molar-refractivity contribution in [2.75, 3.05) is 17.4 Å². The molecule has 4 rings (SSSR count). The molecule has 0 spiro atoms. The molecule has 1 atom stereocenters. The fraction of sp³-hybridized carbons (Fsp3) is 0.364. The first kappa shape index (κ1) is 19.4. The van der Waals surface area contributed by atoms with Crippen LogP contribution in [0.4, 0.5) is 11.4 Å². The van der Waals surface area contributed by atoms with Gasteiger partial charge < -0.3 is 5.32 Å². The smallest absolute Gasteiger partial charge is 0.162 e. The zero-order chi connectivity index (χ0) is 20.2. The molecule has 2 aromatic rings. The molecule has 0 saturated heterocycles. The highest BCUT2D eigenvalue weighted by Crippen LogP contribution is 2.53. The third kappa shape index (κ3) is 3.12. The van der Waals surface area contributed by atoms with Crippen molar-refractivity contribution in [2.45, 2.75) is 39.5 Å². The van der Waals surface area contributed by atoms with E-state index in [1.165, 1.54) is 4.88 Å². The summed E-state index contributed by atoms with van der Waals surface area (Å²) in [5.74, 6) is 0.144. The van der Waals surface area contributed by atoms with Gasteiger partial charge in [0.15, 0.2) is 5.78 Å². The molecular formula is C22H24BrN3OS. The molecule has 0 saturated carbocycles. The Balaban J connectivity index is 2.01. The molecule has 146 valence electrons. The number of thiophene rings is 1. The van der Waals surface area contributed by atoms with Crippen molar-refractivity contribution in [1.29, 1.82) is 0 Å². The van der Waals surface area contributed by atoms with E-state index in [0.29, 0.717) is 6.42 Å². The number of nitrogens with zero attached hydrogens (tertiary/aromatic N) is 2. The number of anilines is 2. The maximum atomic E-state index is 13.3. The van der Waals surface area contributed by atoms with Gasteiger partial charge in [0.05, 0.1) is 15.4 Å². The number of allylic oxidation sites excluding steroid dienone is 2. The minimum absolute atomic E-state index is 0.0337. The maximum absolute atomic E-state index is 13.3. The predicted molar refractivity (Wildman–Crippen MR) is 122 cm³/mol. The molecule has 1 aromatic carbocycles. The number of Topliss-reactive ketones (excluding diaryl/α,β-unsaturated/α-hetero) is 1. The fourth-order valence-electron chi connectivity index (χ4n) is 4.47. The van der Waals surface area contributed by atoms with Gasteiger partial charge in [-0.15, -0.1) is 11.3 Å². The molecule has 1 aliphatic carbocycles. The molecule has 1 aromatic heterocycles. The van der Waals surface area contributed by atoms with Crippen LogP contribution < -0.4 is 10.3 Å². The van der Waals surface area contributed by atoms with Crippen LogP contribution in [0.3, 0.4) is 0 Å². The summed E-state index contributed by atoms with van der Waals surface area (Å²) in [7, 11) is 1.91. The molecular weight excluding hydrogens is 434 g/mol. The van der Waals surface area contributed by atoms with Crippen molar-refractivity contribution >= 4 is 51.1 Å². The van der Waals surface area contributed by atoms with Crippen molar-refractivity contribution in [2.24, 2.45) is 10.5 Å². The van der Waals surface area contributed by atoms with Crippen LogP contribution in [0.1, 0.15) is 48.6 Å². The fourth-order valence-corrected chi connectivity index (χ4v) is 6.02. The first-order valence-corrected chi connectivity index (χ1v) is 10.9. The van der Waals surface area contributed by atoms with Gasteiger partial charge in [-0.2, -0.15) is 5.10 Å². The summed E-state index contributed by atoms with van der Waals surface area (Å²) in [4.78, 5) is 14.5. The van der Waals surface area contributed by atoms with Gasteiger partial charge in [0.1, 0.15) is 0 Å². The molecule has 1 unspecified atom stereocenters. The number of fused-ring (bicyclic) bond motifs is 1. The van der Waals surface area contributed by atoms with Gasteiger partial charge in [0, 0.05) is 47.6 Å². The number of nitrogens with one attached hydrogen (secondary N) is 1. The van der Waals surface area contributed by atoms with Crippen LogP contribution in [0.15, 0.2) is 44.4 Å². The van der Waals surface area contributed by atoms with Gasteiger partial charge in [0.25, 0.3) is 0 Å². The molecule has 0 radical (unpaired) electrons. The zero-order valence-electron chi connectivity index (χ0n) is 16.6. The summed E-state index contributed by atoms with van der Waals surface area (Å²) in [5.41, 5.74) is 6.22. The summed E-state index contributed by atoms with van der Waals surface area (Å²) in [6.45, 7) is 10.1. The lowest BCUT2D eigenvalue weighted by Crippen LogP contribution is -2.34. The Hall–Kier alpha value is -1.92. The van der Waals surface area contributed by atoms with Crippen molar-refractivity contribution in [3.8, 4) is 0 Å². The number of ketones is 1. The Labute approximate surface area is 178 Å². The van der Waals surface area contributed by atoms with Gasteiger partial charge in [-0.25, -0.2) is 0 Å². The number of aryl methyl sites for hydroxylation is 1. The number of carbonyl (C=O) groups is 1. The number of benzene rings is 1. The number of hydrazone groups is 1. The number of rotatable bonds is 3. The lowest BCUT2D eigenvalue weighted by Gasteiger charge is -2.40. The van der Waals surface area contributed by atoms with Crippen molar-refractivity contribution in [1.82, 2.24) is 0 Å². The van der Waals surface area contributed by atoms with E-state index in [1.54, 1.807) is 11.3 Å². The Bertz CT molecular complexity index is 1020. The van der Waals surface area contributed by atoms with Gasteiger partial charge >= 0.3 is 0 Å². The largest absolute Gasteiger partial charge is 0.358 e. The Morgan fingerprint density at radius 3 is 2.68 bits per heavy atom. The van der Waals surface area contributed by atoms with Gasteiger partial charge in [-0.3, -0.25) is 9.80 Å². The van der Waals surface area contributed by atoms with Crippen LogP contribution in [0.5, 0.6) is 0 Å². The normalized spacial score (nSPS) is 20.3. The predicted octanol–water partition coefficient (Wildman–Crippen LogP) is 6.07. The Kier molecular flexibility index (Phi) is 4.74. The average Bonchev–Trinajstić information content (AvgIpc) is 3.04. The zero-order valence-corrected chi connectivity index (χ0v) is 19.0. The first-order valence-electron chi connectivity index (χ1n) is 9.34. The summed E-state index contributed by atoms with van der Waals surface area (Å²) < 4.78 is 1.07. The second kappa shape index (κ2) is 6.85. The molecule has 2 aliphatic rings. The van der Waals surface area contributed by atoms with Crippen LogP contribution in [-0.2, 0) is 4.79 Å². The number of carbonyl (C=O) groups excluding carboxylic acids is 1. The van der Waals surface area contributed by atoms with Crippen molar-refractivity contribution in [3.05, 3.63) is 55.3 Å². The number of hydrogen-bond acceptors (Lipinski definition) is 5. The number of hydrogen-bond donors (Lipinski definition) is 1. The van der Waals surface area contributed by atoms with Crippen molar-refractivity contribution < 1.29 is 4.79 Å². The van der Waals surface area contributed by atoms with E-state index in [-0.39, 0.29) is 17.1 Å². The van der Waals surface area contributed by atoms with E-state index in [1.807, 2.05) is 12.1 Å². The van der Waals surface area contributed by atoms with Crippen LogP contribution in [0, 0.1) is 12.3 Å². The molecule has 1 N–H and O–H groups in total. The average molecular weight is 458 g/mol.